The summed E-state index contributed by atoms with van der Waals surface area (Å²) in [6.45, 7) is 2.25. The van der Waals surface area contributed by atoms with Gasteiger partial charge in [-0.15, -0.1) is 0 Å². The molecule has 0 heterocycles. The minimum Gasteiger partial charge on any atom is -0.355 e. The van der Waals surface area contributed by atoms with Crippen molar-refractivity contribution in [1.29, 1.82) is 0 Å². The number of aryl methyl sites for hydroxylation is 2. The molecule has 0 aliphatic carbocycles. The maximum atomic E-state index is 11.5. The lowest BCUT2D eigenvalue weighted by Crippen LogP contribution is -2.28. The first-order valence-electron chi connectivity index (χ1n) is 6.37. The number of hydrogen-bond donors (Lipinski definition) is 1. The van der Waals surface area contributed by atoms with Crippen molar-refractivity contribution < 1.29 is 13.2 Å². The van der Waals surface area contributed by atoms with Crippen LogP contribution < -0.4 is 5.32 Å². The molecule has 0 aliphatic heterocycles. The average Bonchev–Trinajstić information content (AvgIpc) is 2.30. The standard InChI is InChI=1S/C14H21NO3S/c1-12-6-3-4-7-13(12)8-5-9-14(16)15-10-11-19(2,17)18/h3-4,6-7H,5,8-11H2,1-2H3,(H,15,16). The first kappa shape index (κ1) is 15.7. The zero-order valence-corrected chi connectivity index (χ0v) is 12.3. The topological polar surface area (TPSA) is 63.2 Å². The van der Waals surface area contributed by atoms with Crippen LogP contribution in [0.4, 0.5) is 0 Å². The summed E-state index contributed by atoms with van der Waals surface area (Å²) in [5.74, 6) is -0.0893. The zero-order valence-electron chi connectivity index (χ0n) is 11.5. The molecular formula is C14H21NO3S. The molecular weight excluding hydrogens is 262 g/mol. The highest BCUT2D eigenvalue weighted by molar-refractivity contribution is 7.90. The maximum Gasteiger partial charge on any atom is 0.220 e. The van der Waals surface area contributed by atoms with E-state index in [4.69, 9.17) is 0 Å². The summed E-state index contributed by atoms with van der Waals surface area (Å²) >= 11 is 0. The highest BCUT2D eigenvalue weighted by Crippen LogP contribution is 2.10. The van der Waals surface area contributed by atoms with E-state index >= 15 is 0 Å². The summed E-state index contributed by atoms with van der Waals surface area (Å²) in [5.41, 5.74) is 2.49. The Morgan fingerprint density at radius 1 is 1.26 bits per heavy atom. The van der Waals surface area contributed by atoms with E-state index in [9.17, 15) is 13.2 Å². The smallest absolute Gasteiger partial charge is 0.220 e. The summed E-state index contributed by atoms with van der Waals surface area (Å²) < 4.78 is 21.8. The van der Waals surface area contributed by atoms with E-state index in [0.29, 0.717) is 6.42 Å². The predicted octanol–water partition coefficient (Wildman–Crippen LogP) is 1.48. The van der Waals surface area contributed by atoms with Gasteiger partial charge in [-0.05, 0) is 30.9 Å². The minimum absolute atomic E-state index is 0.00344. The molecule has 0 saturated carbocycles. The van der Waals surface area contributed by atoms with E-state index in [1.54, 1.807) is 0 Å². The number of rotatable bonds is 7. The fraction of sp³-hybridized carbons (Fsp3) is 0.500. The van der Waals surface area contributed by atoms with Crippen molar-refractivity contribution in [2.24, 2.45) is 0 Å². The molecule has 4 nitrogen and oxygen atoms in total. The normalized spacial score (nSPS) is 11.3. The van der Waals surface area contributed by atoms with Crippen molar-refractivity contribution in [2.75, 3.05) is 18.6 Å². The van der Waals surface area contributed by atoms with Crippen molar-refractivity contribution in [3.63, 3.8) is 0 Å². The molecule has 0 fully saturated rings. The Morgan fingerprint density at radius 3 is 2.58 bits per heavy atom. The number of carbonyl (C=O) groups excluding carboxylic acids is 1. The Bertz CT molecular complexity index is 523. The van der Waals surface area contributed by atoms with Gasteiger partial charge in [0.25, 0.3) is 0 Å². The highest BCUT2D eigenvalue weighted by atomic mass is 32.2. The van der Waals surface area contributed by atoms with Gasteiger partial charge in [-0.1, -0.05) is 24.3 Å². The van der Waals surface area contributed by atoms with Crippen LogP contribution in [0.1, 0.15) is 24.0 Å². The van der Waals surface area contributed by atoms with Crippen LogP contribution >= 0.6 is 0 Å². The van der Waals surface area contributed by atoms with Gasteiger partial charge >= 0.3 is 0 Å². The quantitative estimate of drug-likeness (QED) is 0.824. The van der Waals surface area contributed by atoms with Crippen LogP contribution in [0.25, 0.3) is 0 Å². The molecule has 1 rings (SSSR count). The molecule has 0 atom stereocenters. The van der Waals surface area contributed by atoms with Gasteiger partial charge < -0.3 is 5.32 Å². The summed E-state index contributed by atoms with van der Waals surface area (Å²) in [5, 5.41) is 2.62. The number of nitrogens with one attached hydrogen (secondary N) is 1. The zero-order chi connectivity index (χ0) is 14.3. The summed E-state index contributed by atoms with van der Waals surface area (Å²) in [7, 11) is -3.00. The number of benzene rings is 1. The van der Waals surface area contributed by atoms with Gasteiger partial charge in [-0.2, -0.15) is 0 Å². The number of sulfone groups is 1. The fourth-order valence-corrected chi connectivity index (χ4v) is 2.27. The van der Waals surface area contributed by atoms with Gasteiger partial charge in [0.1, 0.15) is 9.84 Å². The van der Waals surface area contributed by atoms with Crippen LogP contribution in [0.2, 0.25) is 0 Å². The molecule has 1 amide bonds. The molecule has 0 unspecified atom stereocenters. The molecule has 1 aromatic carbocycles. The van der Waals surface area contributed by atoms with Crippen molar-refractivity contribution in [1.82, 2.24) is 5.32 Å². The molecule has 106 valence electrons. The number of hydrogen-bond acceptors (Lipinski definition) is 3. The maximum absolute atomic E-state index is 11.5. The van der Waals surface area contributed by atoms with Crippen molar-refractivity contribution in [3.05, 3.63) is 35.4 Å². The average molecular weight is 283 g/mol. The van der Waals surface area contributed by atoms with Gasteiger partial charge in [-0.3, -0.25) is 4.79 Å². The Hall–Kier alpha value is -1.36. The molecule has 1 aromatic rings. The van der Waals surface area contributed by atoms with Crippen LogP contribution in [0.15, 0.2) is 24.3 Å². The van der Waals surface area contributed by atoms with Crippen molar-refractivity contribution >= 4 is 15.7 Å². The van der Waals surface area contributed by atoms with E-state index in [1.807, 2.05) is 12.1 Å². The lowest BCUT2D eigenvalue weighted by atomic mass is 10.0. The first-order chi connectivity index (χ1) is 8.88. The molecule has 0 saturated heterocycles. The van der Waals surface area contributed by atoms with Gasteiger partial charge in [0.2, 0.25) is 5.91 Å². The molecule has 0 bridgehead atoms. The molecule has 0 aliphatic rings. The minimum atomic E-state index is -3.00. The first-order valence-corrected chi connectivity index (χ1v) is 8.43. The SMILES string of the molecule is Cc1ccccc1CCCC(=O)NCCS(C)(=O)=O. The lowest BCUT2D eigenvalue weighted by molar-refractivity contribution is -0.121. The Balaban J connectivity index is 2.23. The van der Waals surface area contributed by atoms with Crippen LogP contribution in [-0.2, 0) is 21.1 Å². The molecule has 0 aromatic heterocycles. The van der Waals surface area contributed by atoms with Crippen LogP contribution in [0, 0.1) is 6.92 Å². The molecule has 5 heteroatoms. The van der Waals surface area contributed by atoms with E-state index in [1.165, 1.54) is 11.1 Å². The second-order valence-corrected chi connectivity index (χ2v) is 7.02. The third-order valence-electron chi connectivity index (χ3n) is 2.91. The second kappa shape index (κ2) is 7.28. The summed E-state index contributed by atoms with van der Waals surface area (Å²) in [6, 6.07) is 8.11. The van der Waals surface area contributed by atoms with E-state index in [-0.39, 0.29) is 18.2 Å². The second-order valence-electron chi connectivity index (χ2n) is 4.76. The van der Waals surface area contributed by atoms with Gasteiger partial charge in [0.15, 0.2) is 0 Å². The Kier molecular flexibility index (Phi) is 6.02. The molecule has 1 N–H and O–H groups in total. The summed E-state index contributed by atoms with van der Waals surface area (Å²) in [6.07, 6.45) is 3.23. The Labute approximate surface area is 115 Å². The monoisotopic (exact) mass is 283 g/mol. The number of amides is 1. The van der Waals surface area contributed by atoms with Crippen LogP contribution in [0.3, 0.4) is 0 Å². The van der Waals surface area contributed by atoms with Crippen LogP contribution in [0.5, 0.6) is 0 Å². The highest BCUT2D eigenvalue weighted by Gasteiger charge is 2.05. The van der Waals surface area contributed by atoms with E-state index < -0.39 is 9.84 Å². The molecule has 0 radical (unpaired) electrons. The van der Waals surface area contributed by atoms with Crippen molar-refractivity contribution in [3.8, 4) is 0 Å². The van der Waals surface area contributed by atoms with Gasteiger partial charge in [-0.25, -0.2) is 8.42 Å². The molecule has 0 spiro atoms. The van der Waals surface area contributed by atoms with E-state index in [2.05, 4.69) is 24.4 Å². The number of carbonyl (C=O) groups is 1. The molecule has 19 heavy (non-hydrogen) atoms. The van der Waals surface area contributed by atoms with E-state index in [0.717, 1.165) is 19.1 Å². The third-order valence-corrected chi connectivity index (χ3v) is 3.85. The largest absolute Gasteiger partial charge is 0.355 e. The lowest BCUT2D eigenvalue weighted by Gasteiger charge is -2.06. The van der Waals surface area contributed by atoms with Crippen LogP contribution in [-0.4, -0.2) is 32.9 Å². The summed E-state index contributed by atoms with van der Waals surface area (Å²) in [4.78, 5) is 11.5. The van der Waals surface area contributed by atoms with Crippen molar-refractivity contribution in [2.45, 2.75) is 26.2 Å². The van der Waals surface area contributed by atoms with Gasteiger partial charge in [0.05, 0.1) is 5.75 Å². The third kappa shape index (κ3) is 6.96. The van der Waals surface area contributed by atoms with Gasteiger partial charge in [0, 0.05) is 19.2 Å². The fourth-order valence-electron chi connectivity index (χ4n) is 1.79. The Morgan fingerprint density at radius 2 is 1.95 bits per heavy atom. The predicted molar refractivity (Wildman–Crippen MR) is 76.8 cm³/mol.